The Labute approximate surface area is 76.7 Å². The molecule has 1 heterocycles. The van der Waals surface area contributed by atoms with Gasteiger partial charge in [-0.25, -0.2) is 0 Å². The van der Waals surface area contributed by atoms with Crippen LogP contribution in [0.5, 0.6) is 0 Å². The van der Waals surface area contributed by atoms with Gasteiger partial charge in [0, 0.05) is 12.0 Å². The Balaban J connectivity index is 1.94. The molecular formula is C9H13N3O. The van der Waals surface area contributed by atoms with E-state index in [0.717, 1.165) is 6.42 Å². The second-order valence-electron chi connectivity index (χ2n) is 4.20. The standard InChI is InChI=1S/C9H13N3O/c1-9(2)5-6(9)8(13)11-7-3-4-10-12-7/h3-4,6H,5H2,1-2H3,(H2,10,11,12,13). The molecule has 4 heteroatoms. The number of amides is 1. The highest BCUT2D eigenvalue weighted by atomic mass is 16.2. The van der Waals surface area contributed by atoms with Crippen molar-refractivity contribution >= 4 is 11.7 Å². The highest BCUT2D eigenvalue weighted by Crippen LogP contribution is 2.51. The fourth-order valence-corrected chi connectivity index (χ4v) is 1.46. The first-order valence-corrected chi connectivity index (χ1v) is 4.40. The van der Waals surface area contributed by atoms with E-state index >= 15 is 0 Å². The Morgan fingerprint density at radius 1 is 1.77 bits per heavy atom. The monoisotopic (exact) mass is 179 g/mol. The van der Waals surface area contributed by atoms with Gasteiger partial charge in [0.1, 0.15) is 5.82 Å². The minimum atomic E-state index is 0.0919. The predicted octanol–water partition coefficient (Wildman–Crippen LogP) is 1.39. The average molecular weight is 179 g/mol. The number of hydrogen-bond acceptors (Lipinski definition) is 2. The van der Waals surface area contributed by atoms with Gasteiger partial charge in [-0.2, -0.15) is 5.10 Å². The fraction of sp³-hybridized carbons (Fsp3) is 0.556. The van der Waals surface area contributed by atoms with Crippen LogP contribution in [0, 0.1) is 11.3 Å². The van der Waals surface area contributed by atoms with Crippen molar-refractivity contribution in [2.45, 2.75) is 20.3 Å². The highest BCUT2D eigenvalue weighted by molar-refractivity contribution is 5.94. The van der Waals surface area contributed by atoms with E-state index in [0.29, 0.717) is 5.82 Å². The van der Waals surface area contributed by atoms with Crippen molar-refractivity contribution in [3.8, 4) is 0 Å². The molecule has 13 heavy (non-hydrogen) atoms. The molecule has 70 valence electrons. The maximum Gasteiger partial charge on any atom is 0.229 e. The van der Waals surface area contributed by atoms with Crippen molar-refractivity contribution in [1.82, 2.24) is 10.2 Å². The van der Waals surface area contributed by atoms with E-state index in [-0.39, 0.29) is 17.2 Å². The molecule has 0 radical (unpaired) electrons. The number of aromatic amines is 1. The predicted molar refractivity (Wildman–Crippen MR) is 49.1 cm³/mol. The van der Waals surface area contributed by atoms with Gasteiger partial charge in [0.15, 0.2) is 0 Å². The van der Waals surface area contributed by atoms with Crippen LogP contribution >= 0.6 is 0 Å². The Kier molecular flexibility index (Phi) is 1.65. The largest absolute Gasteiger partial charge is 0.311 e. The van der Waals surface area contributed by atoms with Gasteiger partial charge in [0.25, 0.3) is 0 Å². The average Bonchev–Trinajstić information content (AvgIpc) is 2.49. The topological polar surface area (TPSA) is 57.8 Å². The van der Waals surface area contributed by atoms with Crippen LogP contribution in [-0.2, 0) is 4.79 Å². The molecule has 0 aliphatic heterocycles. The molecule has 0 saturated heterocycles. The first-order valence-electron chi connectivity index (χ1n) is 4.40. The lowest BCUT2D eigenvalue weighted by Crippen LogP contribution is -2.16. The Morgan fingerprint density at radius 2 is 2.46 bits per heavy atom. The van der Waals surface area contributed by atoms with Crippen LogP contribution in [0.2, 0.25) is 0 Å². The number of carbonyl (C=O) groups is 1. The summed E-state index contributed by atoms with van der Waals surface area (Å²) in [7, 11) is 0. The van der Waals surface area contributed by atoms with Gasteiger partial charge in [-0.05, 0) is 11.8 Å². The number of rotatable bonds is 2. The molecule has 1 fully saturated rings. The molecule has 4 nitrogen and oxygen atoms in total. The maximum atomic E-state index is 11.5. The van der Waals surface area contributed by atoms with Crippen molar-refractivity contribution in [2.75, 3.05) is 5.32 Å². The van der Waals surface area contributed by atoms with E-state index < -0.39 is 0 Å². The third-order valence-corrected chi connectivity index (χ3v) is 2.59. The summed E-state index contributed by atoms with van der Waals surface area (Å²) in [5, 5.41) is 9.23. The van der Waals surface area contributed by atoms with Crippen molar-refractivity contribution in [3.05, 3.63) is 12.3 Å². The van der Waals surface area contributed by atoms with Crippen LogP contribution < -0.4 is 5.32 Å². The molecule has 2 N–H and O–H groups in total. The van der Waals surface area contributed by atoms with E-state index in [9.17, 15) is 4.79 Å². The minimum absolute atomic E-state index is 0.0919. The fourth-order valence-electron chi connectivity index (χ4n) is 1.46. The molecule has 1 aromatic rings. The highest BCUT2D eigenvalue weighted by Gasteiger charge is 2.50. The van der Waals surface area contributed by atoms with Crippen LogP contribution in [0.15, 0.2) is 12.3 Å². The summed E-state index contributed by atoms with van der Waals surface area (Å²) in [5.41, 5.74) is 0.185. The van der Waals surface area contributed by atoms with E-state index in [2.05, 4.69) is 29.4 Å². The van der Waals surface area contributed by atoms with Crippen molar-refractivity contribution in [2.24, 2.45) is 11.3 Å². The Hall–Kier alpha value is -1.32. The van der Waals surface area contributed by atoms with Gasteiger partial charge < -0.3 is 5.32 Å². The quantitative estimate of drug-likeness (QED) is 0.720. The van der Waals surface area contributed by atoms with Crippen molar-refractivity contribution < 1.29 is 4.79 Å². The van der Waals surface area contributed by atoms with E-state index in [4.69, 9.17) is 0 Å². The van der Waals surface area contributed by atoms with Gasteiger partial charge in [-0.1, -0.05) is 13.8 Å². The molecule has 1 amide bonds. The van der Waals surface area contributed by atoms with Crippen LogP contribution in [-0.4, -0.2) is 16.1 Å². The maximum absolute atomic E-state index is 11.5. The number of nitrogens with zero attached hydrogens (tertiary/aromatic N) is 1. The molecule has 0 aromatic carbocycles. The van der Waals surface area contributed by atoms with Gasteiger partial charge in [-0.15, -0.1) is 0 Å². The van der Waals surface area contributed by atoms with Crippen LogP contribution in [0.25, 0.3) is 0 Å². The number of hydrogen-bond donors (Lipinski definition) is 2. The van der Waals surface area contributed by atoms with Crippen LogP contribution in [0.4, 0.5) is 5.82 Å². The summed E-state index contributed by atoms with van der Waals surface area (Å²) in [4.78, 5) is 11.5. The van der Waals surface area contributed by atoms with Gasteiger partial charge in [0.05, 0.1) is 6.20 Å². The number of carbonyl (C=O) groups excluding carboxylic acids is 1. The van der Waals surface area contributed by atoms with E-state index in [1.165, 1.54) is 0 Å². The zero-order valence-corrected chi connectivity index (χ0v) is 7.79. The zero-order chi connectivity index (χ0) is 9.47. The summed E-state index contributed by atoms with van der Waals surface area (Å²) in [6, 6.07) is 1.74. The molecule has 1 aromatic heterocycles. The normalized spacial score (nSPS) is 24.0. The van der Waals surface area contributed by atoms with Crippen LogP contribution in [0.1, 0.15) is 20.3 Å². The Bertz CT molecular complexity index is 316. The second kappa shape index (κ2) is 2.58. The second-order valence-corrected chi connectivity index (χ2v) is 4.20. The Morgan fingerprint density at radius 3 is 2.92 bits per heavy atom. The van der Waals surface area contributed by atoms with Gasteiger partial charge >= 0.3 is 0 Å². The molecular weight excluding hydrogens is 166 g/mol. The minimum Gasteiger partial charge on any atom is -0.311 e. The van der Waals surface area contributed by atoms with Crippen LogP contribution in [0.3, 0.4) is 0 Å². The third-order valence-electron chi connectivity index (χ3n) is 2.59. The zero-order valence-electron chi connectivity index (χ0n) is 7.79. The van der Waals surface area contributed by atoms with Gasteiger partial charge in [-0.3, -0.25) is 9.89 Å². The lowest BCUT2D eigenvalue weighted by Gasteiger charge is -2.03. The lowest BCUT2D eigenvalue weighted by atomic mass is 10.1. The number of aromatic nitrogens is 2. The smallest absolute Gasteiger partial charge is 0.229 e. The van der Waals surface area contributed by atoms with Gasteiger partial charge in [0.2, 0.25) is 5.91 Å². The summed E-state index contributed by atoms with van der Waals surface area (Å²) in [6.45, 7) is 4.20. The molecule has 0 spiro atoms. The molecule has 1 unspecified atom stereocenters. The number of anilines is 1. The summed E-state index contributed by atoms with van der Waals surface area (Å²) >= 11 is 0. The molecule has 1 aliphatic rings. The molecule has 1 atom stereocenters. The van der Waals surface area contributed by atoms with E-state index in [1.54, 1.807) is 12.3 Å². The molecule has 1 saturated carbocycles. The third kappa shape index (κ3) is 1.56. The lowest BCUT2D eigenvalue weighted by molar-refractivity contribution is -0.118. The van der Waals surface area contributed by atoms with Crippen molar-refractivity contribution in [3.63, 3.8) is 0 Å². The van der Waals surface area contributed by atoms with Crippen molar-refractivity contribution in [1.29, 1.82) is 0 Å². The molecule has 2 rings (SSSR count). The molecule has 1 aliphatic carbocycles. The summed E-state index contributed by atoms with van der Waals surface area (Å²) < 4.78 is 0. The summed E-state index contributed by atoms with van der Waals surface area (Å²) in [6.07, 6.45) is 2.60. The first kappa shape index (κ1) is 8.29. The number of nitrogens with one attached hydrogen (secondary N) is 2. The molecule has 0 bridgehead atoms. The summed E-state index contributed by atoms with van der Waals surface area (Å²) in [5.74, 6) is 0.928. The first-order chi connectivity index (χ1) is 6.09. The van der Waals surface area contributed by atoms with E-state index in [1.807, 2.05) is 0 Å². The number of H-pyrrole nitrogens is 1. The SMILES string of the molecule is CC1(C)CC1C(=O)Nc1ccn[nH]1.